The van der Waals surface area contributed by atoms with Crippen LogP contribution in [0.2, 0.25) is 0 Å². The molecule has 5 aromatic rings. The van der Waals surface area contributed by atoms with Gasteiger partial charge in [-0.15, -0.1) is 0 Å². The highest BCUT2D eigenvalue weighted by Crippen LogP contribution is 2.31. The normalized spacial score (nSPS) is 19.8. The minimum Gasteiger partial charge on any atom is -0.398 e. The molecule has 248 valence electrons. The molecule has 3 fully saturated rings. The monoisotopic (exact) mass is 651 g/mol. The van der Waals surface area contributed by atoms with E-state index < -0.39 is 6.04 Å². The van der Waals surface area contributed by atoms with Gasteiger partial charge in [0.25, 0.3) is 5.56 Å². The number of aromatic nitrogens is 3. The lowest BCUT2D eigenvalue weighted by atomic mass is 10.0. The number of piperidine rings is 2. The first-order valence-electron chi connectivity index (χ1n) is 16.6. The second-order valence-electron chi connectivity index (χ2n) is 13.1. The zero-order chi connectivity index (χ0) is 33.1. The number of anilines is 4. The number of aryl methyl sites for hydroxylation is 1. The van der Waals surface area contributed by atoms with E-state index in [2.05, 4.69) is 48.5 Å². The van der Waals surface area contributed by atoms with Crippen molar-refractivity contribution in [3.8, 4) is 0 Å². The molecule has 12 nitrogen and oxygen atoms in total. The molecule has 1 atom stereocenters. The van der Waals surface area contributed by atoms with Gasteiger partial charge in [-0.1, -0.05) is 6.07 Å². The van der Waals surface area contributed by atoms with Gasteiger partial charge < -0.3 is 25.4 Å². The SMILES string of the molecule is Cn1c2cc(N3CCC(N4CCN(c5ccc(NC6CCC(=O)NC6=O)cc5F)CC4)CC3)ccc2n2c3cccc(N)c3c(=O)nc12. The summed E-state index contributed by atoms with van der Waals surface area (Å²) in [6, 6.07) is 16.9. The first kappa shape index (κ1) is 30.2. The van der Waals surface area contributed by atoms with Gasteiger partial charge in [0, 0.05) is 75.8 Å². The highest BCUT2D eigenvalue weighted by molar-refractivity contribution is 6.01. The Morgan fingerprint density at radius 1 is 0.875 bits per heavy atom. The molecule has 0 saturated carbocycles. The lowest BCUT2D eigenvalue weighted by molar-refractivity contribution is -0.133. The third kappa shape index (κ3) is 5.18. The van der Waals surface area contributed by atoms with Crippen LogP contribution in [0, 0.1) is 5.82 Å². The summed E-state index contributed by atoms with van der Waals surface area (Å²) in [4.78, 5) is 47.8. The number of imidazole rings is 1. The molecule has 0 spiro atoms. The molecule has 3 aliphatic rings. The average molecular weight is 652 g/mol. The zero-order valence-electron chi connectivity index (χ0n) is 26.8. The van der Waals surface area contributed by atoms with Crippen molar-refractivity contribution in [3.63, 3.8) is 0 Å². The lowest BCUT2D eigenvalue weighted by Gasteiger charge is -2.44. The van der Waals surface area contributed by atoms with Gasteiger partial charge in [0.15, 0.2) is 0 Å². The van der Waals surface area contributed by atoms with Crippen LogP contribution in [0.5, 0.6) is 0 Å². The summed E-state index contributed by atoms with van der Waals surface area (Å²) in [7, 11) is 1.94. The van der Waals surface area contributed by atoms with Crippen LogP contribution >= 0.6 is 0 Å². The van der Waals surface area contributed by atoms with Crippen LogP contribution in [0.15, 0.2) is 59.4 Å². The first-order chi connectivity index (χ1) is 23.2. The second kappa shape index (κ2) is 11.8. The number of halogens is 1. The minimum atomic E-state index is -0.547. The molecular formula is C35H38FN9O3. The first-order valence-corrected chi connectivity index (χ1v) is 16.6. The molecule has 2 amide bonds. The summed E-state index contributed by atoms with van der Waals surface area (Å²) in [6.07, 6.45) is 2.75. The number of nitrogens with zero attached hydrogens (tertiary/aromatic N) is 6. The number of fused-ring (bicyclic) bond motifs is 5. The van der Waals surface area contributed by atoms with E-state index in [0.717, 1.165) is 74.3 Å². The Morgan fingerprint density at radius 2 is 1.67 bits per heavy atom. The Labute approximate surface area is 275 Å². The van der Waals surface area contributed by atoms with Gasteiger partial charge in [-0.05, 0) is 67.8 Å². The largest absolute Gasteiger partial charge is 0.398 e. The van der Waals surface area contributed by atoms with E-state index in [-0.39, 0.29) is 29.6 Å². The molecule has 13 heteroatoms. The maximum Gasteiger partial charge on any atom is 0.284 e. The quantitative estimate of drug-likeness (QED) is 0.194. The van der Waals surface area contributed by atoms with Gasteiger partial charge in [0.05, 0.1) is 27.6 Å². The molecule has 1 unspecified atom stereocenters. The fraction of sp³-hybridized carbons (Fsp3) is 0.371. The average Bonchev–Trinajstić information content (AvgIpc) is 3.37. The summed E-state index contributed by atoms with van der Waals surface area (Å²) >= 11 is 0. The third-order valence-electron chi connectivity index (χ3n) is 10.3. The summed E-state index contributed by atoms with van der Waals surface area (Å²) < 4.78 is 19.2. The Bertz CT molecular complexity index is 2140. The molecule has 5 heterocycles. The van der Waals surface area contributed by atoms with Gasteiger partial charge >= 0.3 is 0 Å². The van der Waals surface area contributed by atoms with Crippen molar-refractivity contribution < 1.29 is 14.0 Å². The second-order valence-corrected chi connectivity index (χ2v) is 13.1. The van der Waals surface area contributed by atoms with Crippen LogP contribution in [0.3, 0.4) is 0 Å². The lowest BCUT2D eigenvalue weighted by Crippen LogP contribution is -2.53. The van der Waals surface area contributed by atoms with Crippen molar-refractivity contribution in [2.45, 2.75) is 37.8 Å². The Morgan fingerprint density at radius 3 is 2.42 bits per heavy atom. The van der Waals surface area contributed by atoms with Gasteiger partial charge in [0.1, 0.15) is 11.9 Å². The van der Waals surface area contributed by atoms with E-state index in [9.17, 15) is 14.4 Å². The smallest absolute Gasteiger partial charge is 0.284 e. The predicted octanol–water partition coefficient (Wildman–Crippen LogP) is 3.07. The highest BCUT2D eigenvalue weighted by atomic mass is 19.1. The van der Waals surface area contributed by atoms with Crippen molar-refractivity contribution in [1.82, 2.24) is 24.2 Å². The number of hydrogen-bond acceptors (Lipinski definition) is 9. The molecule has 2 aromatic heterocycles. The number of piperazine rings is 1. The summed E-state index contributed by atoms with van der Waals surface area (Å²) in [5, 5.41) is 5.83. The number of carbonyl (C=O) groups excluding carboxylic acids is 2. The third-order valence-corrected chi connectivity index (χ3v) is 10.3. The van der Waals surface area contributed by atoms with E-state index >= 15 is 4.39 Å². The van der Waals surface area contributed by atoms with E-state index in [1.165, 1.54) is 6.07 Å². The number of nitrogens with one attached hydrogen (secondary N) is 2. The van der Waals surface area contributed by atoms with Crippen LogP contribution in [0.4, 0.5) is 27.1 Å². The van der Waals surface area contributed by atoms with E-state index in [1.807, 2.05) is 28.1 Å². The van der Waals surface area contributed by atoms with Gasteiger partial charge in [0.2, 0.25) is 17.6 Å². The molecule has 0 bridgehead atoms. The fourth-order valence-corrected chi connectivity index (χ4v) is 7.72. The molecule has 0 aliphatic carbocycles. The van der Waals surface area contributed by atoms with Crippen molar-refractivity contribution in [3.05, 3.63) is 70.8 Å². The van der Waals surface area contributed by atoms with Crippen LogP contribution in [-0.2, 0) is 16.6 Å². The Balaban J connectivity index is 0.904. The van der Waals surface area contributed by atoms with Crippen LogP contribution in [-0.4, -0.2) is 82.0 Å². The van der Waals surface area contributed by atoms with Gasteiger partial charge in [-0.2, -0.15) is 4.98 Å². The number of rotatable bonds is 5. The summed E-state index contributed by atoms with van der Waals surface area (Å²) in [5.74, 6) is -0.386. The number of carbonyl (C=O) groups is 2. The number of imide groups is 1. The van der Waals surface area contributed by atoms with Crippen molar-refractivity contribution in [2.24, 2.45) is 7.05 Å². The van der Waals surface area contributed by atoms with Crippen molar-refractivity contribution >= 4 is 62.3 Å². The highest BCUT2D eigenvalue weighted by Gasteiger charge is 2.30. The Kier molecular flexibility index (Phi) is 7.43. The van der Waals surface area contributed by atoms with Crippen LogP contribution in [0.1, 0.15) is 25.7 Å². The maximum absolute atomic E-state index is 15.2. The zero-order valence-corrected chi connectivity index (χ0v) is 26.8. The Hall–Kier alpha value is -5.17. The molecule has 3 aromatic carbocycles. The number of nitrogen functional groups attached to an aromatic ring is 1. The molecule has 8 rings (SSSR count). The minimum absolute atomic E-state index is 0.269. The van der Waals surface area contributed by atoms with Crippen molar-refractivity contribution in [1.29, 1.82) is 0 Å². The maximum atomic E-state index is 15.2. The summed E-state index contributed by atoms with van der Waals surface area (Å²) in [6.45, 7) is 5.09. The fourth-order valence-electron chi connectivity index (χ4n) is 7.72. The number of amides is 2. The van der Waals surface area contributed by atoms with Crippen LogP contribution in [0.25, 0.3) is 27.7 Å². The number of hydrogen-bond donors (Lipinski definition) is 3. The van der Waals surface area contributed by atoms with Gasteiger partial charge in [-0.25, -0.2) is 4.39 Å². The number of nitrogens with two attached hydrogens (primary N) is 1. The standard InChI is InChI=1S/C35H38FN9O3/c1-41-30-20-23(6-9-28(30)45-29-4-2-3-25(37)32(29)34(48)40-35(41)45)42-13-11-22(12-14-42)43-15-17-44(18-16-43)27-8-5-21(19-24(27)36)38-26-7-10-31(46)39-33(26)47/h2-6,8-9,19-20,22,26,38H,7,10-18,37H2,1H3,(H,39,46,47). The number of benzene rings is 3. The predicted molar refractivity (Wildman–Crippen MR) is 185 cm³/mol. The molecule has 4 N–H and O–H groups in total. The molecule has 3 saturated heterocycles. The molecule has 0 radical (unpaired) electrons. The molecule has 3 aliphatic heterocycles. The molecular weight excluding hydrogens is 613 g/mol. The van der Waals surface area contributed by atoms with Gasteiger partial charge in [-0.3, -0.25) is 29.0 Å². The van der Waals surface area contributed by atoms with E-state index in [4.69, 9.17) is 5.73 Å². The summed E-state index contributed by atoms with van der Waals surface area (Å²) in [5.41, 5.74) is 11.2. The van der Waals surface area contributed by atoms with Crippen LogP contribution < -0.4 is 31.7 Å². The van der Waals surface area contributed by atoms with E-state index in [1.54, 1.807) is 18.2 Å². The molecule has 48 heavy (non-hydrogen) atoms. The van der Waals surface area contributed by atoms with E-state index in [0.29, 0.717) is 40.7 Å². The topological polar surface area (TPSA) is 133 Å². The van der Waals surface area contributed by atoms with Crippen molar-refractivity contribution in [2.75, 3.05) is 60.1 Å².